The number of urea groups is 1. The van der Waals surface area contributed by atoms with E-state index in [1.54, 1.807) is 30.3 Å². The first-order valence-corrected chi connectivity index (χ1v) is 11.5. The number of hydrogen-bond donors (Lipinski definition) is 1. The van der Waals surface area contributed by atoms with Crippen LogP contribution in [0.15, 0.2) is 52.5 Å². The fourth-order valence-corrected chi connectivity index (χ4v) is 4.31. The molecule has 3 aromatic rings. The lowest BCUT2D eigenvalue weighted by Crippen LogP contribution is -2.54. The van der Waals surface area contributed by atoms with Gasteiger partial charge in [0.1, 0.15) is 5.57 Å². The molecule has 0 atom stereocenters. The molecule has 2 aromatic carbocycles. The van der Waals surface area contributed by atoms with Gasteiger partial charge in [-0.3, -0.25) is 14.9 Å². The molecule has 0 bridgehead atoms. The van der Waals surface area contributed by atoms with Crippen molar-refractivity contribution in [2.45, 2.75) is 20.8 Å². The predicted molar refractivity (Wildman–Crippen MR) is 133 cm³/mol. The third kappa shape index (κ3) is 4.24. The minimum atomic E-state index is -0.787. The predicted octanol–water partition coefficient (Wildman–Crippen LogP) is 6.14. The molecule has 0 aliphatic carbocycles. The molecule has 1 aliphatic heterocycles. The molecule has 9 heteroatoms. The number of aryl methyl sites for hydroxylation is 2. The van der Waals surface area contributed by atoms with Crippen molar-refractivity contribution < 1.29 is 14.4 Å². The smallest absolute Gasteiger partial charge is 0.318 e. The zero-order chi connectivity index (χ0) is 24.0. The first-order valence-electron chi connectivity index (χ1n) is 9.90. The van der Waals surface area contributed by atoms with E-state index < -0.39 is 17.8 Å². The van der Waals surface area contributed by atoms with Crippen molar-refractivity contribution >= 4 is 68.7 Å². The van der Waals surface area contributed by atoms with Crippen LogP contribution in [0.1, 0.15) is 22.5 Å². The van der Waals surface area contributed by atoms with Crippen LogP contribution < -0.4 is 10.2 Å². The lowest BCUT2D eigenvalue weighted by molar-refractivity contribution is -0.122. The van der Waals surface area contributed by atoms with E-state index in [2.05, 4.69) is 21.2 Å². The van der Waals surface area contributed by atoms with Crippen molar-refractivity contribution in [3.05, 3.63) is 85.1 Å². The Labute approximate surface area is 208 Å². The summed E-state index contributed by atoms with van der Waals surface area (Å²) in [6.45, 7) is 5.62. The van der Waals surface area contributed by atoms with Gasteiger partial charge in [-0.25, -0.2) is 9.69 Å². The van der Waals surface area contributed by atoms with Gasteiger partial charge < -0.3 is 4.57 Å². The van der Waals surface area contributed by atoms with Gasteiger partial charge >= 0.3 is 6.03 Å². The molecule has 0 saturated carbocycles. The monoisotopic (exact) mass is 545 g/mol. The molecule has 0 unspecified atom stereocenters. The number of rotatable bonds is 3. The van der Waals surface area contributed by atoms with E-state index in [4.69, 9.17) is 23.2 Å². The summed E-state index contributed by atoms with van der Waals surface area (Å²) in [6.07, 6.45) is 1.50. The zero-order valence-electron chi connectivity index (χ0n) is 17.9. The summed E-state index contributed by atoms with van der Waals surface area (Å²) in [4.78, 5) is 39.3. The summed E-state index contributed by atoms with van der Waals surface area (Å²) in [5.74, 6) is -1.43. The molecule has 1 N–H and O–H groups in total. The number of imide groups is 2. The average molecular weight is 547 g/mol. The number of aromatic nitrogens is 1. The van der Waals surface area contributed by atoms with Gasteiger partial charge in [-0.2, -0.15) is 0 Å². The minimum Gasteiger partial charge on any atom is -0.318 e. The lowest BCUT2D eigenvalue weighted by atomic mass is 10.1. The molecule has 1 aromatic heterocycles. The maximum Gasteiger partial charge on any atom is 0.335 e. The van der Waals surface area contributed by atoms with Gasteiger partial charge in [-0.1, -0.05) is 39.1 Å². The highest BCUT2D eigenvalue weighted by Crippen LogP contribution is 2.30. The van der Waals surface area contributed by atoms with E-state index in [9.17, 15) is 14.4 Å². The van der Waals surface area contributed by atoms with E-state index in [1.807, 2.05) is 37.5 Å². The van der Waals surface area contributed by atoms with Crippen LogP contribution in [0.25, 0.3) is 11.8 Å². The highest BCUT2D eigenvalue weighted by molar-refractivity contribution is 9.10. The zero-order valence-corrected chi connectivity index (χ0v) is 21.0. The minimum absolute atomic E-state index is 0.135. The Bertz CT molecular complexity index is 1380. The van der Waals surface area contributed by atoms with E-state index in [0.717, 1.165) is 32.0 Å². The summed E-state index contributed by atoms with van der Waals surface area (Å²) in [5.41, 5.74) is 4.21. The van der Waals surface area contributed by atoms with Crippen molar-refractivity contribution in [1.29, 1.82) is 0 Å². The molecule has 1 aliphatic rings. The van der Waals surface area contributed by atoms with Crippen LogP contribution in [0, 0.1) is 20.8 Å². The van der Waals surface area contributed by atoms with Gasteiger partial charge in [-0.15, -0.1) is 0 Å². The lowest BCUT2D eigenvalue weighted by Gasteiger charge is -2.26. The van der Waals surface area contributed by atoms with E-state index in [1.165, 1.54) is 6.08 Å². The molecule has 2 heterocycles. The number of nitrogens with one attached hydrogen (secondary N) is 1. The van der Waals surface area contributed by atoms with Crippen LogP contribution in [0.2, 0.25) is 10.0 Å². The van der Waals surface area contributed by atoms with Crippen molar-refractivity contribution in [3.8, 4) is 5.69 Å². The highest BCUT2D eigenvalue weighted by Gasteiger charge is 2.37. The van der Waals surface area contributed by atoms with Crippen LogP contribution >= 0.6 is 39.1 Å². The molecule has 1 saturated heterocycles. The van der Waals surface area contributed by atoms with Gasteiger partial charge in [-0.05, 0) is 80.4 Å². The molecule has 4 amide bonds. The molecule has 6 nitrogen and oxygen atoms in total. The van der Waals surface area contributed by atoms with Gasteiger partial charge in [0.15, 0.2) is 0 Å². The molecule has 0 spiro atoms. The third-order valence-corrected chi connectivity index (χ3v) is 7.06. The number of nitrogens with zero attached hydrogens (tertiary/aromatic N) is 2. The fourth-order valence-electron chi connectivity index (χ4n) is 3.77. The summed E-state index contributed by atoms with van der Waals surface area (Å²) in [6, 6.07) is 11.4. The number of carbonyl (C=O) groups excluding carboxylic acids is 3. The van der Waals surface area contributed by atoms with Crippen LogP contribution in [0.4, 0.5) is 10.5 Å². The number of benzene rings is 2. The summed E-state index contributed by atoms with van der Waals surface area (Å²) < 4.78 is 2.79. The fraction of sp³-hybridized carbons (Fsp3) is 0.125. The average Bonchev–Trinajstić information content (AvgIpc) is 3.03. The van der Waals surface area contributed by atoms with E-state index in [0.29, 0.717) is 21.3 Å². The topological polar surface area (TPSA) is 71.4 Å². The molecular weight excluding hydrogens is 529 g/mol. The van der Waals surface area contributed by atoms with Gasteiger partial charge in [0.05, 0.1) is 15.7 Å². The van der Waals surface area contributed by atoms with Gasteiger partial charge in [0.25, 0.3) is 11.8 Å². The third-order valence-electron chi connectivity index (χ3n) is 5.43. The second-order valence-corrected chi connectivity index (χ2v) is 9.32. The van der Waals surface area contributed by atoms with Crippen LogP contribution in [0.5, 0.6) is 0 Å². The summed E-state index contributed by atoms with van der Waals surface area (Å²) in [5, 5.41) is 3.12. The molecular formula is C24H18BrCl2N3O3. The second kappa shape index (κ2) is 8.82. The SMILES string of the molecule is Cc1cc(N2C(=O)NC(=O)/C(=C/c3cc(C)n(-c4ccc(Cl)c(Cl)c4)c3C)C2=O)ccc1Br. The van der Waals surface area contributed by atoms with Crippen molar-refractivity contribution in [2.75, 3.05) is 4.90 Å². The Balaban J connectivity index is 1.77. The number of anilines is 1. The van der Waals surface area contributed by atoms with Crippen LogP contribution in [-0.4, -0.2) is 22.4 Å². The maximum atomic E-state index is 13.2. The molecule has 0 radical (unpaired) electrons. The molecule has 4 rings (SSSR count). The van der Waals surface area contributed by atoms with Crippen LogP contribution in [0.3, 0.4) is 0 Å². The van der Waals surface area contributed by atoms with Crippen molar-refractivity contribution in [1.82, 2.24) is 9.88 Å². The molecule has 168 valence electrons. The molecule has 1 fully saturated rings. The summed E-state index contributed by atoms with van der Waals surface area (Å²) in [7, 11) is 0. The summed E-state index contributed by atoms with van der Waals surface area (Å²) >= 11 is 15.6. The Kier molecular flexibility index (Phi) is 6.22. The van der Waals surface area contributed by atoms with Crippen molar-refractivity contribution in [2.24, 2.45) is 0 Å². The van der Waals surface area contributed by atoms with Gasteiger partial charge in [0.2, 0.25) is 0 Å². The number of barbiturate groups is 1. The van der Waals surface area contributed by atoms with E-state index >= 15 is 0 Å². The largest absolute Gasteiger partial charge is 0.335 e. The standard InChI is InChI=1S/C24H18BrCl2N3O3/c1-12-8-16(4-6-19(12)25)30-23(32)18(22(31)28-24(30)33)10-15-9-13(2)29(14(15)3)17-5-7-20(26)21(27)11-17/h4-11H,1-3H3,(H,28,31,33)/b18-10-. The number of carbonyl (C=O) groups is 3. The highest BCUT2D eigenvalue weighted by atomic mass is 79.9. The second-order valence-electron chi connectivity index (χ2n) is 7.65. The number of halogens is 3. The Morgan fingerprint density at radius 1 is 0.909 bits per heavy atom. The number of hydrogen-bond acceptors (Lipinski definition) is 3. The first kappa shape index (κ1) is 23.3. The van der Waals surface area contributed by atoms with Crippen LogP contribution in [-0.2, 0) is 9.59 Å². The van der Waals surface area contributed by atoms with Gasteiger partial charge in [0, 0.05) is 21.5 Å². The molecule has 33 heavy (non-hydrogen) atoms. The quantitative estimate of drug-likeness (QED) is 0.317. The number of amides is 4. The normalized spacial score (nSPS) is 15.4. The van der Waals surface area contributed by atoms with Crippen molar-refractivity contribution in [3.63, 3.8) is 0 Å². The Hall–Kier alpha value is -2.87. The van der Waals surface area contributed by atoms with E-state index in [-0.39, 0.29) is 5.57 Å². The maximum absolute atomic E-state index is 13.2. The Morgan fingerprint density at radius 3 is 2.27 bits per heavy atom. The Morgan fingerprint density at radius 2 is 1.61 bits per heavy atom. The first-order chi connectivity index (χ1) is 15.6.